The summed E-state index contributed by atoms with van der Waals surface area (Å²) in [5, 5.41) is 0. The number of nitrogens with two attached hydrogens (primary N) is 2. The lowest BCUT2D eigenvalue weighted by Crippen LogP contribution is -2.10. The van der Waals surface area contributed by atoms with Crippen LogP contribution in [0.25, 0.3) is 0 Å². The molecule has 2 heteroatoms. The Hall–Kier alpha value is -1.28. The summed E-state index contributed by atoms with van der Waals surface area (Å²) in [4.78, 5) is 0. The quantitative estimate of drug-likeness (QED) is 0.550. The molecule has 1 aliphatic rings. The maximum absolute atomic E-state index is 5.96. The van der Waals surface area contributed by atoms with Crippen LogP contribution in [-0.2, 0) is 12.8 Å². The van der Waals surface area contributed by atoms with Gasteiger partial charge >= 0.3 is 0 Å². The number of benzene rings is 1. The molecule has 1 unspecified atom stereocenters. The monoisotopic (exact) mass is 188 g/mol. The van der Waals surface area contributed by atoms with Crippen molar-refractivity contribution in [2.75, 3.05) is 5.73 Å². The van der Waals surface area contributed by atoms with E-state index < -0.39 is 0 Å². The molecule has 1 aromatic carbocycles. The fourth-order valence-electron chi connectivity index (χ4n) is 2.20. The first-order valence-electron chi connectivity index (χ1n) is 5.02. The van der Waals surface area contributed by atoms with E-state index >= 15 is 0 Å². The maximum Gasteiger partial charge on any atom is 0.0481 e. The van der Waals surface area contributed by atoms with Crippen LogP contribution in [0.4, 0.5) is 5.69 Å². The molecule has 4 N–H and O–H groups in total. The smallest absolute Gasteiger partial charge is 0.0481 e. The predicted molar refractivity (Wildman–Crippen MR) is 60.0 cm³/mol. The Kier molecular flexibility index (Phi) is 2.30. The first-order chi connectivity index (χ1) is 6.74. The molecule has 0 aromatic heterocycles. The van der Waals surface area contributed by atoms with Crippen molar-refractivity contribution in [3.63, 3.8) is 0 Å². The van der Waals surface area contributed by atoms with Crippen molar-refractivity contribution < 1.29 is 0 Å². The van der Waals surface area contributed by atoms with Crippen LogP contribution >= 0.6 is 0 Å². The summed E-state index contributed by atoms with van der Waals surface area (Å²) in [7, 11) is 0. The SMILES string of the molecule is C=CC(N)c1ccc(N)c2c1CCC2. The van der Waals surface area contributed by atoms with Gasteiger partial charge in [0.25, 0.3) is 0 Å². The van der Waals surface area contributed by atoms with E-state index in [0.29, 0.717) is 0 Å². The summed E-state index contributed by atoms with van der Waals surface area (Å²) in [6.45, 7) is 3.73. The Morgan fingerprint density at radius 1 is 1.29 bits per heavy atom. The van der Waals surface area contributed by atoms with Crippen molar-refractivity contribution in [3.05, 3.63) is 41.5 Å². The lowest BCUT2D eigenvalue weighted by Gasteiger charge is -2.13. The van der Waals surface area contributed by atoms with Crippen LogP contribution in [0.15, 0.2) is 24.8 Å². The molecule has 14 heavy (non-hydrogen) atoms. The summed E-state index contributed by atoms with van der Waals surface area (Å²) >= 11 is 0. The molecule has 74 valence electrons. The number of hydrogen-bond acceptors (Lipinski definition) is 2. The standard InChI is InChI=1S/C12H16N2/c1-2-11(13)10-6-7-12(14)9-5-3-4-8(9)10/h2,6-7,11H,1,3-5,13-14H2. The summed E-state index contributed by atoms with van der Waals surface area (Å²) in [5.41, 5.74) is 16.6. The van der Waals surface area contributed by atoms with Gasteiger partial charge in [0, 0.05) is 11.7 Å². The van der Waals surface area contributed by atoms with E-state index in [4.69, 9.17) is 11.5 Å². The lowest BCUT2D eigenvalue weighted by atomic mass is 9.97. The van der Waals surface area contributed by atoms with E-state index in [9.17, 15) is 0 Å². The van der Waals surface area contributed by atoms with E-state index in [1.54, 1.807) is 6.08 Å². The Bertz CT molecular complexity index is 369. The van der Waals surface area contributed by atoms with Crippen LogP contribution in [0.5, 0.6) is 0 Å². The number of fused-ring (bicyclic) bond motifs is 1. The Morgan fingerprint density at radius 2 is 2.00 bits per heavy atom. The van der Waals surface area contributed by atoms with Crippen molar-refractivity contribution in [2.24, 2.45) is 5.73 Å². The molecule has 0 saturated heterocycles. The highest BCUT2D eigenvalue weighted by Gasteiger charge is 2.19. The minimum absolute atomic E-state index is 0.0533. The summed E-state index contributed by atoms with van der Waals surface area (Å²) in [5.74, 6) is 0. The molecule has 0 aliphatic heterocycles. The lowest BCUT2D eigenvalue weighted by molar-refractivity contribution is 0.870. The van der Waals surface area contributed by atoms with E-state index in [2.05, 4.69) is 6.58 Å². The van der Waals surface area contributed by atoms with Gasteiger partial charge in [0.2, 0.25) is 0 Å². The Labute approximate surface area is 84.6 Å². The first kappa shape index (κ1) is 9.28. The summed E-state index contributed by atoms with van der Waals surface area (Å²) < 4.78 is 0. The Balaban J connectivity index is 2.53. The van der Waals surface area contributed by atoms with Crippen LogP contribution in [0.2, 0.25) is 0 Å². The molecule has 0 radical (unpaired) electrons. The molecule has 0 spiro atoms. The molecule has 1 atom stereocenters. The van der Waals surface area contributed by atoms with Crippen molar-refractivity contribution in [2.45, 2.75) is 25.3 Å². The number of hydrogen-bond donors (Lipinski definition) is 2. The predicted octanol–water partition coefficient (Wildman–Crippen LogP) is 1.94. The average Bonchev–Trinajstić information content (AvgIpc) is 2.67. The molecule has 0 amide bonds. The highest BCUT2D eigenvalue weighted by Crippen LogP contribution is 2.32. The second-order valence-corrected chi connectivity index (χ2v) is 3.82. The normalized spacial score (nSPS) is 16.4. The molecular weight excluding hydrogens is 172 g/mol. The van der Waals surface area contributed by atoms with Gasteiger partial charge in [-0.05, 0) is 42.0 Å². The maximum atomic E-state index is 5.96. The van der Waals surface area contributed by atoms with Crippen LogP contribution in [0, 0.1) is 0 Å². The molecule has 0 heterocycles. The fourth-order valence-corrected chi connectivity index (χ4v) is 2.20. The van der Waals surface area contributed by atoms with Crippen molar-refractivity contribution >= 4 is 5.69 Å². The number of nitrogen functional groups attached to an aromatic ring is 1. The minimum atomic E-state index is -0.0533. The van der Waals surface area contributed by atoms with E-state index in [1.165, 1.54) is 23.1 Å². The van der Waals surface area contributed by atoms with Gasteiger partial charge in [0.1, 0.15) is 0 Å². The molecule has 0 fully saturated rings. The first-order valence-corrected chi connectivity index (χ1v) is 5.02. The topological polar surface area (TPSA) is 52.0 Å². The molecule has 0 bridgehead atoms. The van der Waals surface area contributed by atoms with Crippen molar-refractivity contribution in [1.82, 2.24) is 0 Å². The van der Waals surface area contributed by atoms with Crippen LogP contribution in [0.3, 0.4) is 0 Å². The van der Waals surface area contributed by atoms with Crippen LogP contribution in [0.1, 0.15) is 29.2 Å². The molecule has 0 saturated carbocycles. The van der Waals surface area contributed by atoms with Gasteiger partial charge in [0.05, 0.1) is 0 Å². The largest absolute Gasteiger partial charge is 0.398 e. The van der Waals surface area contributed by atoms with Crippen molar-refractivity contribution in [3.8, 4) is 0 Å². The number of anilines is 1. The van der Waals surface area contributed by atoms with Gasteiger partial charge in [-0.15, -0.1) is 6.58 Å². The zero-order valence-electron chi connectivity index (χ0n) is 8.29. The molecule has 2 rings (SSSR count). The third-order valence-corrected chi connectivity index (χ3v) is 2.97. The van der Waals surface area contributed by atoms with E-state index in [-0.39, 0.29) is 6.04 Å². The third-order valence-electron chi connectivity index (χ3n) is 2.97. The molecule has 1 aromatic rings. The number of rotatable bonds is 2. The molecule has 1 aliphatic carbocycles. The zero-order valence-corrected chi connectivity index (χ0v) is 8.29. The summed E-state index contributed by atoms with van der Waals surface area (Å²) in [6.07, 6.45) is 5.18. The second kappa shape index (κ2) is 3.46. The molecule has 2 nitrogen and oxygen atoms in total. The average molecular weight is 188 g/mol. The minimum Gasteiger partial charge on any atom is -0.398 e. The van der Waals surface area contributed by atoms with Gasteiger partial charge < -0.3 is 11.5 Å². The van der Waals surface area contributed by atoms with Gasteiger partial charge in [0.15, 0.2) is 0 Å². The van der Waals surface area contributed by atoms with Gasteiger partial charge in [-0.2, -0.15) is 0 Å². The van der Waals surface area contributed by atoms with Gasteiger partial charge in [-0.25, -0.2) is 0 Å². The van der Waals surface area contributed by atoms with Gasteiger partial charge in [-0.1, -0.05) is 12.1 Å². The zero-order chi connectivity index (χ0) is 10.1. The van der Waals surface area contributed by atoms with Crippen LogP contribution in [-0.4, -0.2) is 0 Å². The highest BCUT2D eigenvalue weighted by atomic mass is 14.6. The van der Waals surface area contributed by atoms with Gasteiger partial charge in [-0.3, -0.25) is 0 Å². The molecular formula is C12H16N2. The van der Waals surface area contributed by atoms with E-state index in [1.807, 2.05) is 12.1 Å². The van der Waals surface area contributed by atoms with Crippen molar-refractivity contribution in [1.29, 1.82) is 0 Å². The highest BCUT2D eigenvalue weighted by molar-refractivity contribution is 5.57. The third kappa shape index (κ3) is 1.32. The summed E-state index contributed by atoms with van der Waals surface area (Å²) in [6, 6.07) is 3.94. The second-order valence-electron chi connectivity index (χ2n) is 3.82. The fraction of sp³-hybridized carbons (Fsp3) is 0.333. The Morgan fingerprint density at radius 3 is 2.71 bits per heavy atom. The van der Waals surface area contributed by atoms with E-state index in [0.717, 1.165) is 18.5 Å². The van der Waals surface area contributed by atoms with Crippen LogP contribution < -0.4 is 11.5 Å².